The molecule has 0 spiro atoms. The lowest BCUT2D eigenvalue weighted by Crippen LogP contribution is -2.12. The van der Waals surface area contributed by atoms with Gasteiger partial charge in [-0.15, -0.1) is 0 Å². The average Bonchev–Trinajstić information content (AvgIpc) is 3.08. The number of rotatable bonds is 4. The minimum Gasteiger partial charge on any atom is -0.492 e. The van der Waals surface area contributed by atoms with E-state index in [9.17, 15) is 4.39 Å². The third-order valence-electron chi connectivity index (χ3n) is 3.28. The van der Waals surface area contributed by atoms with Crippen LogP contribution in [-0.2, 0) is 11.8 Å². The van der Waals surface area contributed by atoms with Gasteiger partial charge >= 0.3 is 0 Å². The molecule has 1 fully saturated rings. The van der Waals surface area contributed by atoms with Gasteiger partial charge in [0.1, 0.15) is 17.9 Å². The van der Waals surface area contributed by atoms with Crippen molar-refractivity contribution in [1.29, 1.82) is 0 Å². The van der Waals surface area contributed by atoms with Crippen molar-refractivity contribution < 1.29 is 13.9 Å². The van der Waals surface area contributed by atoms with E-state index in [1.165, 1.54) is 12.1 Å². The molecule has 1 aliphatic heterocycles. The summed E-state index contributed by atoms with van der Waals surface area (Å²) < 4.78 is 26.1. The van der Waals surface area contributed by atoms with Crippen LogP contribution in [0.4, 0.5) is 4.39 Å². The Morgan fingerprint density at radius 3 is 3.10 bits per heavy atom. The van der Waals surface area contributed by atoms with Gasteiger partial charge in [0.25, 0.3) is 0 Å². The summed E-state index contributed by atoms with van der Waals surface area (Å²) >= 11 is 0. The van der Waals surface area contributed by atoms with Crippen LogP contribution in [-0.4, -0.2) is 34.6 Å². The lowest BCUT2D eigenvalue weighted by atomic mass is 10.1. The molecule has 1 aromatic heterocycles. The molecule has 0 aliphatic carbocycles. The Bertz CT molecular complexity index is 594. The fourth-order valence-corrected chi connectivity index (χ4v) is 2.19. The number of hydrogen-bond acceptors (Lipinski definition) is 4. The maximum atomic E-state index is 13.4. The van der Waals surface area contributed by atoms with Gasteiger partial charge < -0.3 is 9.47 Å². The van der Waals surface area contributed by atoms with Gasteiger partial charge in [-0.1, -0.05) is 0 Å². The van der Waals surface area contributed by atoms with Crippen LogP contribution in [0.15, 0.2) is 24.5 Å². The van der Waals surface area contributed by atoms with Crippen molar-refractivity contribution in [3.8, 4) is 17.1 Å². The number of aromatic nitrogens is 3. The Balaban J connectivity index is 1.82. The second-order valence-corrected chi connectivity index (χ2v) is 4.92. The lowest BCUT2D eigenvalue weighted by Gasteiger charge is -2.12. The van der Waals surface area contributed by atoms with Crippen LogP contribution in [0.1, 0.15) is 6.42 Å². The first kappa shape index (κ1) is 13.1. The second kappa shape index (κ2) is 5.58. The topological polar surface area (TPSA) is 49.2 Å². The molecule has 3 rings (SSSR count). The summed E-state index contributed by atoms with van der Waals surface area (Å²) in [6, 6.07) is 4.40. The van der Waals surface area contributed by atoms with Crippen LogP contribution in [0.2, 0.25) is 0 Å². The summed E-state index contributed by atoms with van der Waals surface area (Å²) in [5, 5.41) is 4.20. The van der Waals surface area contributed by atoms with Crippen molar-refractivity contribution in [2.24, 2.45) is 13.0 Å². The molecule has 1 atom stereocenters. The highest BCUT2D eigenvalue weighted by Crippen LogP contribution is 2.29. The first-order valence-electron chi connectivity index (χ1n) is 6.58. The smallest absolute Gasteiger partial charge is 0.184 e. The molecule has 106 valence electrons. The number of ether oxygens (including phenoxy) is 2. The molecule has 0 bridgehead atoms. The van der Waals surface area contributed by atoms with Crippen molar-refractivity contribution in [2.45, 2.75) is 6.42 Å². The van der Waals surface area contributed by atoms with Crippen molar-refractivity contribution in [1.82, 2.24) is 14.8 Å². The van der Waals surface area contributed by atoms with E-state index in [0.717, 1.165) is 19.6 Å². The fraction of sp³-hybridized carbons (Fsp3) is 0.429. The van der Waals surface area contributed by atoms with Gasteiger partial charge in [0, 0.05) is 19.6 Å². The summed E-state index contributed by atoms with van der Waals surface area (Å²) in [7, 11) is 1.77. The van der Waals surface area contributed by atoms with Crippen LogP contribution in [0.3, 0.4) is 0 Å². The summed E-state index contributed by atoms with van der Waals surface area (Å²) in [6.45, 7) is 2.07. The van der Waals surface area contributed by atoms with E-state index >= 15 is 0 Å². The highest BCUT2D eigenvalue weighted by Gasteiger charge is 2.18. The molecule has 2 aromatic rings. The zero-order chi connectivity index (χ0) is 13.9. The fourth-order valence-electron chi connectivity index (χ4n) is 2.19. The number of halogens is 1. The monoisotopic (exact) mass is 277 g/mol. The molecule has 0 N–H and O–H groups in total. The zero-order valence-electron chi connectivity index (χ0n) is 11.3. The third-order valence-corrected chi connectivity index (χ3v) is 3.28. The molecule has 1 aromatic carbocycles. The predicted octanol–water partition coefficient (Wildman–Crippen LogP) is 2.04. The normalized spacial score (nSPS) is 18.4. The van der Waals surface area contributed by atoms with Crippen molar-refractivity contribution >= 4 is 0 Å². The Morgan fingerprint density at radius 1 is 1.50 bits per heavy atom. The van der Waals surface area contributed by atoms with Crippen LogP contribution in [0.5, 0.6) is 5.75 Å². The summed E-state index contributed by atoms with van der Waals surface area (Å²) in [5.74, 6) is 1.13. The Hall–Kier alpha value is -1.95. The first-order chi connectivity index (χ1) is 9.72. The molecule has 1 saturated heterocycles. The maximum Gasteiger partial charge on any atom is 0.184 e. The minimum absolute atomic E-state index is 0.330. The molecule has 1 unspecified atom stereocenters. The number of hydrogen-bond donors (Lipinski definition) is 0. The molecule has 0 radical (unpaired) electrons. The van der Waals surface area contributed by atoms with Gasteiger partial charge in [0.05, 0.1) is 18.8 Å². The van der Waals surface area contributed by atoms with Crippen molar-refractivity contribution in [3.63, 3.8) is 0 Å². The van der Waals surface area contributed by atoms with Crippen LogP contribution < -0.4 is 4.74 Å². The van der Waals surface area contributed by atoms with Gasteiger partial charge in [-0.05, 0) is 24.6 Å². The molecule has 0 saturated carbocycles. The first-order valence-corrected chi connectivity index (χ1v) is 6.58. The summed E-state index contributed by atoms with van der Waals surface area (Å²) in [6.07, 6.45) is 2.58. The average molecular weight is 277 g/mol. The SMILES string of the molecule is Cn1cnc(-c2cc(F)ccc2OCC2CCOC2)n1. The van der Waals surface area contributed by atoms with Crippen molar-refractivity contribution in [3.05, 3.63) is 30.3 Å². The van der Waals surface area contributed by atoms with Gasteiger partial charge in [0.2, 0.25) is 0 Å². The van der Waals surface area contributed by atoms with Crippen LogP contribution in [0, 0.1) is 11.7 Å². The Labute approximate surface area is 116 Å². The molecule has 5 nitrogen and oxygen atoms in total. The van der Waals surface area contributed by atoms with Gasteiger partial charge in [-0.25, -0.2) is 9.37 Å². The molecular formula is C14H16FN3O2. The molecular weight excluding hydrogens is 261 g/mol. The van der Waals surface area contributed by atoms with E-state index in [0.29, 0.717) is 29.7 Å². The Kier molecular flexibility index (Phi) is 3.64. The van der Waals surface area contributed by atoms with Gasteiger partial charge in [0.15, 0.2) is 5.82 Å². The van der Waals surface area contributed by atoms with E-state index < -0.39 is 0 Å². The second-order valence-electron chi connectivity index (χ2n) is 4.92. The number of benzene rings is 1. The molecule has 0 amide bonds. The third kappa shape index (κ3) is 2.80. The maximum absolute atomic E-state index is 13.4. The lowest BCUT2D eigenvalue weighted by molar-refractivity contribution is 0.167. The van der Waals surface area contributed by atoms with E-state index in [2.05, 4.69) is 10.1 Å². The standard InChI is InChI=1S/C14H16FN3O2/c1-18-9-16-14(17-18)12-6-11(15)2-3-13(12)20-8-10-4-5-19-7-10/h2-3,6,9-10H,4-5,7-8H2,1H3. The number of aryl methyl sites for hydroxylation is 1. The van der Waals surface area contributed by atoms with Crippen LogP contribution in [0.25, 0.3) is 11.4 Å². The predicted molar refractivity (Wildman–Crippen MR) is 70.8 cm³/mol. The number of nitrogens with zero attached hydrogens (tertiary/aromatic N) is 3. The van der Waals surface area contributed by atoms with Crippen molar-refractivity contribution in [2.75, 3.05) is 19.8 Å². The van der Waals surface area contributed by atoms with Crippen LogP contribution >= 0.6 is 0 Å². The Morgan fingerprint density at radius 2 is 2.40 bits per heavy atom. The highest BCUT2D eigenvalue weighted by molar-refractivity contribution is 5.63. The van der Waals surface area contributed by atoms with Gasteiger partial charge in [-0.3, -0.25) is 4.68 Å². The molecule has 20 heavy (non-hydrogen) atoms. The molecule has 2 heterocycles. The summed E-state index contributed by atoms with van der Waals surface area (Å²) in [4.78, 5) is 4.15. The zero-order valence-corrected chi connectivity index (χ0v) is 11.3. The molecule has 1 aliphatic rings. The van der Waals surface area contributed by atoms with E-state index in [4.69, 9.17) is 9.47 Å². The highest BCUT2D eigenvalue weighted by atomic mass is 19.1. The summed E-state index contributed by atoms with van der Waals surface area (Å²) in [5.41, 5.74) is 0.574. The van der Waals surface area contributed by atoms with E-state index in [1.54, 1.807) is 24.1 Å². The minimum atomic E-state index is -0.330. The largest absolute Gasteiger partial charge is 0.492 e. The van der Waals surface area contributed by atoms with E-state index in [1.807, 2.05) is 0 Å². The molecule has 6 heteroatoms. The quantitative estimate of drug-likeness (QED) is 0.858. The van der Waals surface area contributed by atoms with Gasteiger partial charge in [-0.2, -0.15) is 5.10 Å². The van der Waals surface area contributed by atoms with E-state index in [-0.39, 0.29) is 5.82 Å².